The van der Waals surface area contributed by atoms with Crippen LogP contribution in [0.5, 0.6) is 0 Å². The Hall–Kier alpha value is -2.97. The second-order valence-corrected chi connectivity index (χ2v) is 10.1. The second-order valence-electron chi connectivity index (χ2n) is 8.46. The second kappa shape index (κ2) is 11.2. The Morgan fingerprint density at radius 3 is 2.48 bits per heavy atom. The molecule has 0 aliphatic rings. The number of benzene rings is 2. The molecule has 1 amide bonds. The van der Waals surface area contributed by atoms with E-state index >= 15 is 0 Å². The van der Waals surface area contributed by atoms with Gasteiger partial charge in [-0.05, 0) is 71.1 Å². The first kappa shape index (κ1) is 24.7. The largest absolute Gasteiger partial charge is 0.356 e. The van der Waals surface area contributed by atoms with Crippen LogP contribution in [0.15, 0.2) is 59.5 Å². The van der Waals surface area contributed by atoms with Crippen molar-refractivity contribution in [3.05, 3.63) is 65.9 Å². The molecule has 1 heterocycles. The third-order valence-corrected chi connectivity index (χ3v) is 6.68. The zero-order valence-electron chi connectivity index (χ0n) is 19.5. The highest BCUT2D eigenvalue weighted by atomic mass is 32.2. The monoisotopic (exact) mass is 468 g/mol. The number of pyridine rings is 1. The van der Waals surface area contributed by atoms with Gasteiger partial charge in [0.15, 0.2) is 0 Å². The first-order valence-electron chi connectivity index (χ1n) is 11.1. The molecule has 0 radical (unpaired) electrons. The smallest absolute Gasteiger partial charge is 0.261 e. The average molecular weight is 469 g/mol. The molecule has 33 heavy (non-hydrogen) atoms. The van der Waals surface area contributed by atoms with Crippen molar-refractivity contribution in [2.75, 3.05) is 31.9 Å². The van der Waals surface area contributed by atoms with Crippen LogP contribution in [0.2, 0.25) is 0 Å². The van der Waals surface area contributed by atoms with Crippen LogP contribution in [0.25, 0.3) is 10.9 Å². The number of nitrogens with one attached hydrogen (secondary N) is 2. The van der Waals surface area contributed by atoms with Crippen molar-refractivity contribution in [3.8, 4) is 0 Å². The number of carbonyl (C=O) groups is 1. The van der Waals surface area contributed by atoms with Gasteiger partial charge in [0.1, 0.15) is 0 Å². The maximum Gasteiger partial charge on any atom is 0.261 e. The summed E-state index contributed by atoms with van der Waals surface area (Å²) in [6.45, 7) is 3.53. The van der Waals surface area contributed by atoms with E-state index in [9.17, 15) is 13.2 Å². The summed E-state index contributed by atoms with van der Waals surface area (Å²) in [6, 6.07) is 16.0. The Labute approximate surface area is 196 Å². The van der Waals surface area contributed by atoms with Crippen LogP contribution < -0.4 is 10.0 Å². The Balaban J connectivity index is 1.65. The molecule has 0 saturated heterocycles. The van der Waals surface area contributed by atoms with E-state index in [-0.39, 0.29) is 10.8 Å². The summed E-state index contributed by atoms with van der Waals surface area (Å²) in [5.41, 5.74) is 2.85. The van der Waals surface area contributed by atoms with E-state index in [0.717, 1.165) is 29.6 Å². The lowest BCUT2D eigenvalue weighted by Gasteiger charge is -2.12. The van der Waals surface area contributed by atoms with Gasteiger partial charge in [-0.25, -0.2) is 8.42 Å². The average Bonchev–Trinajstić information content (AvgIpc) is 2.77. The first-order valence-corrected chi connectivity index (χ1v) is 12.6. The molecule has 2 N–H and O–H groups in total. The molecule has 0 saturated carbocycles. The van der Waals surface area contributed by atoms with Crippen LogP contribution >= 0.6 is 0 Å². The van der Waals surface area contributed by atoms with Crippen LogP contribution in [0.3, 0.4) is 0 Å². The topological polar surface area (TPSA) is 91.4 Å². The lowest BCUT2D eigenvalue weighted by atomic mass is 10.1. The number of aryl methyl sites for hydroxylation is 2. The molecule has 8 heteroatoms. The number of amides is 1. The SMILES string of the molecule is Cc1ccc(S(=O)(=O)Nc2cccc3ccc(CCCC(=O)NCCCN(C)C)nc23)cc1. The van der Waals surface area contributed by atoms with Gasteiger partial charge >= 0.3 is 0 Å². The minimum absolute atomic E-state index is 0.0427. The Morgan fingerprint density at radius 1 is 1.00 bits per heavy atom. The van der Waals surface area contributed by atoms with E-state index in [1.807, 2.05) is 39.2 Å². The lowest BCUT2D eigenvalue weighted by molar-refractivity contribution is -0.121. The van der Waals surface area contributed by atoms with Gasteiger partial charge in [0.2, 0.25) is 5.91 Å². The number of anilines is 1. The fourth-order valence-corrected chi connectivity index (χ4v) is 4.54. The number of aromatic nitrogens is 1. The van der Waals surface area contributed by atoms with Gasteiger partial charge in [-0.2, -0.15) is 0 Å². The fourth-order valence-electron chi connectivity index (χ4n) is 3.47. The first-order chi connectivity index (χ1) is 15.7. The van der Waals surface area contributed by atoms with Crippen LogP contribution in [-0.2, 0) is 21.2 Å². The van der Waals surface area contributed by atoms with E-state index in [1.54, 1.807) is 36.4 Å². The molecule has 0 spiro atoms. The number of fused-ring (bicyclic) bond motifs is 1. The number of para-hydroxylation sites is 1. The van der Waals surface area contributed by atoms with Gasteiger partial charge in [-0.3, -0.25) is 14.5 Å². The molecule has 0 aliphatic heterocycles. The van der Waals surface area contributed by atoms with Crippen molar-refractivity contribution < 1.29 is 13.2 Å². The third-order valence-electron chi connectivity index (χ3n) is 5.29. The highest BCUT2D eigenvalue weighted by molar-refractivity contribution is 7.92. The predicted octanol–water partition coefficient (Wildman–Crippen LogP) is 3.73. The van der Waals surface area contributed by atoms with Gasteiger partial charge in [0.05, 0.1) is 16.1 Å². The summed E-state index contributed by atoms with van der Waals surface area (Å²) in [5.74, 6) is 0.0427. The fraction of sp³-hybridized carbons (Fsp3) is 0.360. The maximum atomic E-state index is 12.8. The van der Waals surface area contributed by atoms with Crippen LogP contribution in [-0.4, -0.2) is 51.4 Å². The molecule has 3 aromatic rings. The number of rotatable bonds is 11. The highest BCUT2D eigenvalue weighted by Crippen LogP contribution is 2.25. The molecule has 2 aromatic carbocycles. The standard InChI is InChI=1S/C25H32N4O3S/c1-19-11-15-22(16-12-19)33(31,32)28-23-9-4-7-20-13-14-21(27-25(20)23)8-5-10-24(30)26-17-6-18-29(2)3/h4,7,9,11-16,28H,5-6,8,10,17-18H2,1-3H3,(H,26,30). The molecule has 0 atom stereocenters. The summed E-state index contributed by atoms with van der Waals surface area (Å²) in [4.78, 5) is 19.0. The number of carbonyl (C=O) groups excluding carboxylic acids is 1. The quantitative estimate of drug-likeness (QED) is 0.419. The molecule has 7 nitrogen and oxygen atoms in total. The molecule has 0 fully saturated rings. The molecular weight excluding hydrogens is 436 g/mol. The van der Waals surface area contributed by atoms with E-state index in [2.05, 4.69) is 14.9 Å². The van der Waals surface area contributed by atoms with Crippen molar-refractivity contribution >= 4 is 32.5 Å². The van der Waals surface area contributed by atoms with E-state index in [0.29, 0.717) is 37.0 Å². The zero-order chi connectivity index (χ0) is 23.8. The molecule has 0 unspecified atom stereocenters. The third kappa shape index (κ3) is 7.27. The number of sulfonamides is 1. The van der Waals surface area contributed by atoms with Gasteiger partial charge in [-0.15, -0.1) is 0 Å². The number of nitrogens with zero attached hydrogens (tertiary/aromatic N) is 2. The molecular formula is C25H32N4O3S. The van der Waals surface area contributed by atoms with Crippen LogP contribution in [0.4, 0.5) is 5.69 Å². The molecule has 0 bridgehead atoms. The van der Waals surface area contributed by atoms with Crippen molar-refractivity contribution in [2.45, 2.75) is 37.5 Å². The lowest BCUT2D eigenvalue weighted by Crippen LogP contribution is -2.26. The molecule has 0 aliphatic carbocycles. The minimum atomic E-state index is -3.73. The number of hydrogen-bond acceptors (Lipinski definition) is 5. The summed E-state index contributed by atoms with van der Waals surface area (Å²) in [6.07, 6.45) is 2.67. The highest BCUT2D eigenvalue weighted by Gasteiger charge is 2.16. The Bertz CT molecular complexity index is 1190. The van der Waals surface area contributed by atoms with Gasteiger partial charge in [0.25, 0.3) is 10.0 Å². The van der Waals surface area contributed by atoms with Crippen LogP contribution in [0, 0.1) is 6.92 Å². The van der Waals surface area contributed by atoms with Gasteiger partial charge in [-0.1, -0.05) is 35.9 Å². The van der Waals surface area contributed by atoms with E-state index in [4.69, 9.17) is 4.98 Å². The Kier molecular flexibility index (Phi) is 8.41. The van der Waals surface area contributed by atoms with Crippen molar-refractivity contribution in [3.63, 3.8) is 0 Å². The van der Waals surface area contributed by atoms with Gasteiger partial charge in [0, 0.05) is 24.0 Å². The summed E-state index contributed by atoms with van der Waals surface area (Å²) in [5, 5.41) is 3.79. The summed E-state index contributed by atoms with van der Waals surface area (Å²) in [7, 11) is 0.297. The number of hydrogen-bond donors (Lipinski definition) is 2. The van der Waals surface area contributed by atoms with E-state index in [1.165, 1.54) is 0 Å². The molecule has 176 valence electrons. The van der Waals surface area contributed by atoms with Crippen molar-refractivity contribution in [2.24, 2.45) is 0 Å². The Morgan fingerprint density at radius 2 is 1.76 bits per heavy atom. The zero-order valence-corrected chi connectivity index (χ0v) is 20.3. The van der Waals surface area contributed by atoms with Crippen molar-refractivity contribution in [1.82, 2.24) is 15.2 Å². The van der Waals surface area contributed by atoms with Crippen molar-refractivity contribution in [1.29, 1.82) is 0 Å². The molecule has 3 rings (SSSR count). The minimum Gasteiger partial charge on any atom is -0.356 e. The van der Waals surface area contributed by atoms with Gasteiger partial charge < -0.3 is 10.2 Å². The van der Waals surface area contributed by atoms with Crippen LogP contribution in [0.1, 0.15) is 30.5 Å². The van der Waals surface area contributed by atoms with E-state index < -0.39 is 10.0 Å². The maximum absolute atomic E-state index is 12.8. The normalized spacial score (nSPS) is 11.6. The predicted molar refractivity (Wildman–Crippen MR) is 133 cm³/mol. The summed E-state index contributed by atoms with van der Waals surface area (Å²) >= 11 is 0. The summed E-state index contributed by atoms with van der Waals surface area (Å²) < 4.78 is 28.4. The molecule has 1 aromatic heterocycles.